The first-order valence-electron chi connectivity index (χ1n) is 17.3. The number of carbonyl (C=O) groups excluding carboxylic acids is 3. The molecule has 11 heteroatoms. The summed E-state index contributed by atoms with van der Waals surface area (Å²) in [4.78, 5) is 48.3. The second-order valence-electron chi connectivity index (χ2n) is 15.3. The van der Waals surface area contributed by atoms with Crippen molar-refractivity contribution in [1.29, 1.82) is 0 Å². The largest absolute Gasteiger partial charge is 0.528 e. The van der Waals surface area contributed by atoms with Crippen molar-refractivity contribution < 1.29 is 33.4 Å². The third kappa shape index (κ3) is 9.97. The fraction of sp³-hybridized carbons (Fsp3) is 0.487. The van der Waals surface area contributed by atoms with Gasteiger partial charge in [0.25, 0.3) is 5.91 Å². The molecular formula is C39H50N4O7. The Morgan fingerprint density at radius 1 is 0.900 bits per heavy atom. The lowest BCUT2D eigenvalue weighted by molar-refractivity contribution is -0.155. The number of anilines is 2. The second-order valence-corrected chi connectivity index (χ2v) is 15.3. The molecule has 1 aliphatic heterocycles. The zero-order valence-electron chi connectivity index (χ0n) is 30.5. The van der Waals surface area contributed by atoms with Crippen LogP contribution in [0.25, 0.3) is 0 Å². The number of rotatable bonds is 10. The van der Waals surface area contributed by atoms with Gasteiger partial charge in [0.05, 0.1) is 18.5 Å². The molecule has 0 atom stereocenters. The van der Waals surface area contributed by atoms with Crippen LogP contribution < -0.4 is 20.1 Å². The second kappa shape index (κ2) is 15.1. The normalized spacial score (nSPS) is 15.6. The first-order chi connectivity index (χ1) is 23.6. The number of aromatic nitrogens is 1. The van der Waals surface area contributed by atoms with Gasteiger partial charge in [-0.05, 0) is 113 Å². The molecule has 2 amide bonds. The van der Waals surface area contributed by atoms with E-state index in [9.17, 15) is 14.4 Å². The molecule has 0 unspecified atom stereocenters. The van der Waals surface area contributed by atoms with Crippen LogP contribution in [-0.2, 0) is 26.2 Å². The Labute approximate surface area is 295 Å². The molecule has 2 fully saturated rings. The summed E-state index contributed by atoms with van der Waals surface area (Å²) in [5, 5.41) is 7.69. The van der Waals surface area contributed by atoms with Gasteiger partial charge in [0.15, 0.2) is 5.75 Å². The van der Waals surface area contributed by atoms with E-state index in [2.05, 4.69) is 36.4 Å². The maximum atomic E-state index is 13.7. The molecule has 5 rings (SSSR count). The molecule has 50 heavy (non-hydrogen) atoms. The van der Waals surface area contributed by atoms with Crippen LogP contribution >= 0.6 is 0 Å². The maximum Gasteiger partial charge on any atom is 0.528 e. The molecule has 3 aromatic rings. The lowest BCUT2D eigenvalue weighted by atomic mass is 9.86. The minimum absolute atomic E-state index is 0.0176. The van der Waals surface area contributed by atoms with E-state index in [1.165, 1.54) is 7.11 Å². The first-order valence-corrected chi connectivity index (χ1v) is 17.3. The summed E-state index contributed by atoms with van der Waals surface area (Å²) in [5.41, 5.74) is 3.28. The van der Waals surface area contributed by atoms with Gasteiger partial charge in [0, 0.05) is 42.5 Å². The summed E-state index contributed by atoms with van der Waals surface area (Å²) in [7, 11) is 1.53. The fourth-order valence-corrected chi connectivity index (χ4v) is 5.73. The molecule has 1 aliphatic carbocycles. The Morgan fingerprint density at radius 3 is 2.20 bits per heavy atom. The van der Waals surface area contributed by atoms with Crippen LogP contribution in [0.5, 0.6) is 17.2 Å². The zero-order valence-corrected chi connectivity index (χ0v) is 30.5. The van der Waals surface area contributed by atoms with Crippen molar-refractivity contribution >= 4 is 29.3 Å². The molecule has 11 nitrogen and oxygen atoms in total. The number of amides is 2. The van der Waals surface area contributed by atoms with Gasteiger partial charge in [-0.15, -0.1) is 5.06 Å². The number of pyridine rings is 1. The third-order valence-corrected chi connectivity index (χ3v) is 8.74. The van der Waals surface area contributed by atoms with Gasteiger partial charge in [-0.1, -0.05) is 26.8 Å². The SMILES string of the molecule is COc1c(NC(=O)c2ccc(C)c(Oc3ccnc(CC4CCN(OC(=O)OC(C)(C)C)CC4)c3)c2)cc(C(C)(C)C)cc1NC(=O)C1CC1. The van der Waals surface area contributed by atoms with E-state index >= 15 is 0 Å². The smallest absolute Gasteiger partial charge is 0.492 e. The maximum absolute atomic E-state index is 13.7. The van der Waals surface area contributed by atoms with Crippen molar-refractivity contribution in [2.75, 3.05) is 30.8 Å². The number of benzene rings is 2. The quantitative estimate of drug-likeness (QED) is 0.203. The number of nitrogens with zero attached hydrogens (tertiary/aromatic N) is 2. The van der Waals surface area contributed by atoms with E-state index in [0.29, 0.717) is 53.2 Å². The average molecular weight is 687 g/mol. The molecule has 1 saturated carbocycles. The average Bonchev–Trinajstić information content (AvgIpc) is 3.88. The van der Waals surface area contributed by atoms with E-state index in [1.54, 1.807) is 50.2 Å². The number of piperidine rings is 1. The van der Waals surface area contributed by atoms with Gasteiger partial charge in [0.2, 0.25) is 5.91 Å². The van der Waals surface area contributed by atoms with Crippen molar-refractivity contribution in [3.63, 3.8) is 0 Å². The number of hydroxylamine groups is 2. The highest BCUT2D eigenvalue weighted by Crippen LogP contribution is 2.40. The van der Waals surface area contributed by atoms with Crippen molar-refractivity contribution in [3.05, 3.63) is 71.0 Å². The van der Waals surface area contributed by atoms with Gasteiger partial charge in [-0.3, -0.25) is 14.6 Å². The van der Waals surface area contributed by atoms with Crippen LogP contribution in [0.3, 0.4) is 0 Å². The van der Waals surface area contributed by atoms with Crippen molar-refractivity contribution in [1.82, 2.24) is 10.0 Å². The number of methoxy groups -OCH3 is 1. The molecule has 0 radical (unpaired) electrons. The van der Waals surface area contributed by atoms with Crippen molar-refractivity contribution in [3.8, 4) is 17.2 Å². The highest BCUT2D eigenvalue weighted by molar-refractivity contribution is 6.06. The van der Waals surface area contributed by atoms with Crippen LogP contribution in [0.4, 0.5) is 16.2 Å². The monoisotopic (exact) mass is 686 g/mol. The van der Waals surface area contributed by atoms with E-state index < -0.39 is 11.8 Å². The summed E-state index contributed by atoms with van der Waals surface area (Å²) in [5.74, 6) is 1.59. The van der Waals surface area contributed by atoms with Crippen molar-refractivity contribution in [2.45, 2.75) is 91.6 Å². The minimum atomic E-state index is -0.683. The number of hydrogen-bond donors (Lipinski definition) is 2. The number of carbonyl (C=O) groups is 3. The van der Waals surface area contributed by atoms with E-state index in [-0.39, 0.29) is 23.1 Å². The Hall–Kier alpha value is -4.64. The Balaban J connectivity index is 1.25. The van der Waals surface area contributed by atoms with E-state index in [0.717, 1.165) is 48.9 Å². The first kappa shape index (κ1) is 36.6. The number of nitrogens with one attached hydrogen (secondary N) is 2. The Bertz CT molecular complexity index is 1710. The van der Waals surface area contributed by atoms with Gasteiger partial charge in [0.1, 0.15) is 17.1 Å². The van der Waals surface area contributed by atoms with Gasteiger partial charge >= 0.3 is 6.16 Å². The minimum Gasteiger partial charge on any atom is -0.492 e. The number of aryl methyl sites for hydroxylation is 1. The molecular weight excluding hydrogens is 636 g/mol. The topological polar surface area (TPSA) is 128 Å². The molecule has 268 valence electrons. The zero-order chi connectivity index (χ0) is 36.2. The third-order valence-electron chi connectivity index (χ3n) is 8.74. The highest BCUT2D eigenvalue weighted by Gasteiger charge is 2.31. The van der Waals surface area contributed by atoms with Crippen LogP contribution in [0.2, 0.25) is 0 Å². The molecule has 1 aromatic heterocycles. The van der Waals surface area contributed by atoms with Crippen LogP contribution in [0, 0.1) is 18.8 Å². The molecule has 2 aliphatic rings. The van der Waals surface area contributed by atoms with Gasteiger partial charge in [-0.2, -0.15) is 0 Å². The fourth-order valence-electron chi connectivity index (χ4n) is 5.73. The van der Waals surface area contributed by atoms with E-state index in [4.69, 9.17) is 19.0 Å². The molecule has 1 saturated heterocycles. The summed E-state index contributed by atoms with van der Waals surface area (Å²) in [6.45, 7) is 14.8. The van der Waals surface area contributed by atoms with Crippen LogP contribution in [0.15, 0.2) is 48.7 Å². The lowest BCUT2D eigenvalue weighted by Crippen LogP contribution is -2.38. The van der Waals surface area contributed by atoms with Crippen molar-refractivity contribution in [2.24, 2.45) is 11.8 Å². The molecule has 0 spiro atoms. The lowest BCUT2D eigenvalue weighted by Gasteiger charge is -2.30. The molecule has 2 N–H and O–H groups in total. The van der Waals surface area contributed by atoms with E-state index in [1.807, 2.05) is 31.2 Å². The Kier molecular flexibility index (Phi) is 11.1. The van der Waals surface area contributed by atoms with Gasteiger partial charge in [-0.25, -0.2) is 4.79 Å². The molecule has 2 aromatic carbocycles. The number of hydrogen-bond acceptors (Lipinski definition) is 9. The van der Waals surface area contributed by atoms with Crippen LogP contribution in [-0.4, -0.2) is 53.8 Å². The van der Waals surface area contributed by atoms with Crippen LogP contribution in [0.1, 0.15) is 94.4 Å². The molecule has 0 bridgehead atoms. The Morgan fingerprint density at radius 2 is 1.58 bits per heavy atom. The molecule has 2 heterocycles. The summed E-state index contributed by atoms with van der Waals surface area (Å²) >= 11 is 0. The van der Waals surface area contributed by atoms with Gasteiger partial charge < -0.3 is 29.7 Å². The number of ether oxygens (including phenoxy) is 3. The standard InChI is InChI=1S/C39H50N4O7/c1-24-9-10-27(36(45)42-32-22-28(38(2,3)4)21-31(34(32)47-8)41-35(44)26-11-12-26)20-33(24)48-30-13-16-40-29(23-30)19-25-14-17-43(18-15-25)50-37(46)49-39(5,6)7/h9-10,13,16,20-23,25-26H,11-12,14-15,17-19H2,1-8H3,(H,41,44)(H,42,45). The highest BCUT2D eigenvalue weighted by atomic mass is 16.8. The predicted molar refractivity (Wildman–Crippen MR) is 192 cm³/mol. The summed E-state index contributed by atoms with van der Waals surface area (Å²) in [6.07, 6.45) is 5.26. The predicted octanol–water partition coefficient (Wildman–Crippen LogP) is 8.21. The summed E-state index contributed by atoms with van der Waals surface area (Å²) in [6, 6.07) is 12.9. The summed E-state index contributed by atoms with van der Waals surface area (Å²) < 4.78 is 17.3.